The standard InChI is InChI=1S/C13H13ClF3NO/c14-10-4-2-9(3-5-10)12(6-1-7-12)8-18-11(19)13(15,16)17/h2-5H,1,6-8H2,(H,18,19). The summed E-state index contributed by atoms with van der Waals surface area (Å²) in [5.74, 6) is -1.88. The second kappa shape index (κ2) is 5.04. The van der Waals surface area contributed by atoms with Crippen LogP contribution >= 0.6 is 11.6 Å². The van der Waals surface area contributed by atoms with Crippen molar-refractivity contribution in [2.45, 2.75) is 30.9 Å². The van der Waals surface area contributed by atoms with E-state index in [4.69, 9.17) is 11.6 Å². The van der Waals surface area contributed by atoms with Crippen LogP contribution in [0.15, 0.2) is 24.3 Å². The predicted octanol–water partition coefficient (Wildman–Crippen LogP) is 3.44. The molecular weight excluding hydrogens is 279 g/mol. The molecule has 1 aromatic carbocycles. The summed E-state index contributed by atoms with van der Waals surface area (Å²) in [4.78, 5) is 10.9. The average molecular weight is 292 g/mol. The third-order valence-corrected chi connectivity index (χ3v) is 3.86. The highest BCUT2D eigenvalue weighted by Crippen LogP contribution is 2.43. The van der Waals surface area contributed by atoms with E-state index in [2.05, 4.69) is 0 Å². The first-order valence-corrected chi connectivity index (χ1v) is 6.32. The van der Waals surface area contributed by atoms with Gasteiger partial charge in [-0.3, -0.25) is 4.79 Å². The largest absolute Gasteiger partial charge is 0.471 e. The fourth-order valence-electron chi connectivity index (χ4n) is 2.32. The van der Waals surface area contributed by atoms with Crippen LogP contribution in [0, 0.1) is 0 Å². The van der Waals surface area contributed by atoms with Gasteiger partial charge in [-0.1, -0.05) is 30.2 Å². The van der Waals surface area contributed by atoms with Crippen LogP contribution in [-0.4, -0.2) is 18.6 Å². The van der Waals surface area contributed by atoms with Crippen LogP contribution in [0.25, 0.3) is 0 Å². The molecule has 1 fully saturated rings. The molecule has 0 radical (unpaired) electrons. The summed E-state index contributed by atoms with van der Waals surface area (Å²) >= 11 is 5.79. The van der Waals surface area contributed by atoms with E-state index < -0.39 is 12.1 Å². The zero-order valence-electron chi connectivity index (χ0n) is 10.1. The number of nitrogens with one attached hydrogen (secondary N) is 1. The lowest BCUT2D eigenvalue weighted by atomic mass is 9.64. The number of amides is 1. The Labute approximate surface area is 113 Å². The van der Waals surface area contributed by atoms with Crippen molar-refractivity contribution in [3.05, 3.63) is 34.9 Å². The van der Waals surface area contributed by atoms with Crippen molar-refractivity contribution >= 4 is 17.5 Å². The van der Waals surface area contributed by atoms with Crippen LogP contribution in [0.1, 0.15) is 24.8 Å². The lowest BCUT2D eigenvalue weighted by Gasteiger charge is -2.42. The molecule has 2 rings (SSSR count). The Morgan fingerprint density at radius 1 is 1.26 bits per heavy atom. The molecule has 2 nitrogen and oxygen atoms in total. The Hall–Kier alpha value is -1.23. The summed E-state index contributed by atoms with van der Waals surface area (Å²) in [5.41, 5.74) is 0.538. The molecule has 0 atom stereocenters. The molecule has 1 aliphatic carbocycles. The Morgan fingerprint density at radius 2 is 1.84 bits per heavy atom. The Bertz CT molecular complexity index is 466. The van der Waals surface area contributed by atoms with Crippen molar-refractivity contribution in [1.29, 1.82) is 0 Å². The third kappa shape index (κ3) is 3.03. The van der Waals surface area contributed by atoms with E-state index in [1.54, 1.807) is 24.3 Å². The molecule has 6 heteroatoms. The number of halogens is 4. The maximum atomic E-state index is 12.2. The van der Waals surface area contributed by atoms with Crippen LogP contribution in [0.4, 0.5) is 13.2 Å². The molecule has 0 saturated heterocycles. The summed E-state index contributed by atoms with van der Waals surface area (Å²) in [5, 5.41) is 2.56. The zero-order valence-corrected chi connectivity index (χ0v) is 10.8. The van der Waals surface area contributed by atoms with E-state index in [9.17, 15) is 18.0 Å². The number of carbonyl (C=O) groups is 1. The second-order valence-corrected chi connectivity index (χ2v) is 5.26. The first-order chi connectivity index (χ1) is 8.83. The molecule has 104 valence electrons. The number of carbonyl (C=O) groups excluding carboxylic acids is 1. The molecule has 1 saturated carbocycles. The smallest absolute Gasteiger partial charge is 0.347 e. The SMILES string of the molecule is O=C(NCC1(c2ccc(Cl)cc2)CCC1)C(F)(F)F. The molecule has 1 N–H and O–H groups in total. The van der Waals surface area contributed by atoms with E-state index in [1.165, 1.54) is 0 Å². The van der Waals surface area contributed by atoms with Crippen LogP contribution < -0.4 is 5.32 Å². The average Bonchev–Trinajstić information content (AvgIpc) is 2.28. The van der Waals surface area contributed by atoms with Gasteiger partial charge in [-0.05, 0) is 30.5 Å². The molecule has 1 aromatic rings. The monoisotopic (exact) mass is 291 g/mol. The lowest BCUT2D eigenvalue weighted by molar-refractivity contribution is -0.174. The fourth-order valence-corrected chi connectivity index (χ4v) is 2.45. The highest BCUT2D eigenvalue weighted by Gasteiger charge is 2.43. The summed E-state index contributed by atoms with van der Waals surface area (Å²) in [6, 6.07) is 7.04. The minimum absolute atomic E-state index is 0.00692. The number of hydrogen-bond donors (Lipinski definition) is 1. The van der Waals surface area contributed by atoms with E-state index in [0.717, 1.165) is 24.8 Å². The molecule has 0 aromatic heterocycles. The van der Waals surface area contributed by atoms with Gasteiger partial charge < -0.3 is 5.32 Å². The second-order valence-electron chi connectivity index (χ2n) is 4.82. The van der Waals surface area contributed by atoms with E-state index in [-0.39, 0.29) is 12.0 Å². The van der Waals surface area contributed by atoms with Crippen LogP contribution in [0.5, 0.6) is 0 Å². The van der Waals surface area contributed by atoms with Gasteiger partial charge in [-0.25, -0.2) is 0 Å². The number of rotatable bonds is 3. The third-order valence-electron chi connectivity index (χ3n) is 3.61. The minimum atomic E-state index is -4.83. The molecule has 0 bridgehead atoms. The topological polar surface area (TPSA) is 29.1 Å². The van der Waals surface area contributed by atoms with Crippen molar-refractivity contribution in [3.63, 3.8) is 0 Å². The zero-order chi connectivity index (χ0) is 14.1. The first-order valence-electron chi connectivity index (χ1n) is 5.95. The molecule has 0 aliphatic heterocycles. The van der Waals surface area contributed by atoms with Gasteiger partial charge in [0.1, 0.15) is 0 Å². The number of benzene rings is 1. The van der Waals surface area contributed by atoms with Crippen LogP contribution in [-0.2, 0) is 10.2 Å². The van der Waals surface area contributed by atoms with Crippen molar-refractivity contribution in [3.8, 4) is 0 Å². The van der Waals surface area contributed by atoms with Crippen LogP contribution in [0.3, 0.4) is 0 Å². The summed E-state index contributed by atoms with van der Waals surface area (Å²) in [6.45, 7) is 0.00692. The lowest BCUT2D eigenvalue weighted by Crippen LogP contribution is -2.48. The number of alkyl halides is 3. The van der Waals surface area contributed by atoms with Crippen molar-refractivity contribution in [1.82, 2.24) is 5.32 Å². The minimum Gasteiger partial charge on any atom is -0.347 e. The van der Waals surface area contributed by atoms with Gasteiger partial charge in [0, 0.05) is 17.0 Å². The van der Waals surface area contributed by atoms with E-state index >= 15 is 0 Å². The summed E-state index contributed by atoms with van der Waals surface area (Å²) < 4.78 is 36.5. The molecule has 19 heavy (non-hydrogen) atoms. The first kappa shape index (κ1) is 14.2. The molecule has 1 amide bonds. The van der Waals surface area contributed by atoms with Gasteiger partial charge in [-0.15, -0.1) is 0 Å². The van der Waals surface area contributed by atoms with Gasteiger partial charge in [0.25, 0.3) is 0 Å². The molecule has 0 spiro atoms. The summed E-state index contributed by atoms with van der Waals surface area (Å²) in [6.07, 6.45) is -2.34. The normalized spacial score (nSPS) is 17.7. The highest BCUT2D eigenvalue weighted by molar-refractivity contribution is 6.30. The van der Waals surface area contributed by atoms with Gasteiger partial charge in [0.15, 0.2) is 0 Å². The molecular formula is C13H13ClF3NO. The maximum absolute atomic E-state index is 12.2. The number of hydrogen-bond acceptors (Lipinski definition) is 1. The molecule has 0 heterocycles. The summed E-state index contributed by atoms with van der Waals surface area (Å²) in [7, 11) is 0. The van der Waals surface area contributed by atoms with Gasteiger partial charge >= 0.3 is 12.1 Å². The Balaban J connectivity index is 2.07. The van der Waals surface area contributed by atoms with E-state index in [0.29, 0.717) is 5.02 Å². The fraction of sp³-hybridized carbons (Fsp3) is 0.462. The highest BCUT2D eigenvalue weighted by atomic mass is 35.5. The van der Waals surface area contributed by atoms with E-state index in [1.807, 2.05) is 5.32 Å². The van der Waals surface area contributed by atoms with Crippen LogP contribution in [0.2, 0.25) is 5.02 Å². The molecule has 1 aliphatic rings. The van der Waals surface area contributed by atoms with Crippen molar-refractivity contribution < 1.29 is 18.0 Å². The quantitative estimate of drug-likeness (QED) is 0.908. The Kier molecular flexibility index (Phi) is 3.76. The van der Waals surface area contributed by atoms with Gasteiger partial charge in [0.05, 0.1) is 0 Å². The predicted molar refractivity (Wildman–Crippen MR) is 66.0 cm³/mol. The van der Waals surface area contributed by atoms with Gasteiger partial charge in [-0.2, -0.15) is 13.2 Å². The molecule has 0 unspecified atom stereocenters. The van der Waals surface area contributed by atoms with Gasteiger partial charge in [0.2, 0.25) is 0 Å². The maximum Gasteiger partial charge on any atom is 0.471 e. The van der Waals surface area contributed by atoms with Crippen molar-refractivity contribution in [2.75, 3.05) is 6.54 Å². The Morgan fingerprint density at radius 3 is 2.26 bits per heavy atom. The van der Waals surface area contributed by atoms with Crippen molar-refractivity contribution in [2.24, 2.45) is 0 Å².